The molecule has 1 aromatic rings. The van der Waals surface area contributed by atoms with Crippen LogP contribution < -0.4 is 0 Å². The van der Waals surface area contributed by atoms with Gasteiger partial charge in [-0.05, 0) is 32.3 Å². The Morgan fingerprint density at radius 2 is 2.39 bits per heavy atom. The molecular formula is C12H15Cl2NO2S. The molecular weight excluding hydrogens is 293 g/mol. The zero-order valence-electron chi connectivity index (χ0n) is 10.0. The molecule has 1 amide bonds. The third kappa shape index (κ3) is 2.99. The number of carbonyl (C=O) groups is 1. The van der Waals surface area contributed by atoms with Crippen molar-refractivity contribution in [2.45, 2.75) is 38.3 Å². The van der Waals surface area contributed by atoms with Crippen LogP contribution in [0.15, 0.2) is 6.07 Å². The van der Waals surface area contributed by atoms with E-state index in [-0.39, 0.29) is 11.9 Å². The van der Waals surface area contributed by atoms with Gasteiger partial charge in [0.25, 0.3) is 5.91 Å². The van der Waals surface area contributed by atoms with Crippen LogP contribution in [0.2, 0.25) is 8.67 Å². The average Bonchev–Trinajstić information content (AvgIpc) is 2.83. The van der Waals surface area contributed by atoms with Crippen molar-refractivity contribution in [3.63, 3.8) is 0 Å². The van der Waals surface area contributed by atoms with Gasteiger partial charge < -0.3 is 10.0 Å². The molecule has 2 heterocycles. The molecule has 2 unspecified atom stereocenters. The van der Waals surface area contributed by atoms with E-state index in [1.54, 1.807) is 17.9 Å². The minimum Gasteiger partial charge on any atom is -0.393 e. The monoisotopic (exact) mass is 307 g/mol. The quantitative estimate of drug-likeness (QED) is 0.929. The van der Waals surface area contributed by atoms with Gasteiger partial charge in [-0.25, -0.2) is 0 Å². The zero-order valence-corrected chi connectivity index (χ0v) is 12.4. The summed E-state index contributed by atoms with van der Waals surface area (Å²) in [6.45, 7) is 2.47. The van der Waals surface area contributed by atoms with E-state index in [2.05, 4.69) is 0 Å². The Morgan fingerprint density at radius 3 is 2.94 bits per heavy atom. The summed E-state index contributed by atoms with van der Waals surface area (Å²) in [5.41, 5.74) is 0.476. The van der Waals surface area contributed by atoms with E-state index in [0.29, 0.717) is 20.7 Å². The van der Waals surface area contributed by atoms with E-state index in [9.17, 15) is 9.90 Å². The van der Waals surface area contributed by atoms with Gasteiger partial charge >= 0.3 is 0 Å². The number of nitrogens with zero attached hydrogens (tertiary/aromatic N) is 1. The molecule has 3 nitrogen and oxygen atoms in total. The number of halogens is 2. The lowest BCUT2D eigenvalue weighted by Gasteiger charge is -2.25. The zero-order chi connectivity index (χ0) is 13.3. The van der Waals surface area contributed by atoms with Gasteiger partial charge in [-0.3, -0.25) is 4.79 Å². The number of rotatable bonds is 3. The summed E-state index contributed by atoms with van der Waals surface area (Å²) < 4.78 is 0.960. The molecule has 0 bridgehead atoms. The van der Waals surface area contributed by atoms with Gasteiger partial charge in [0.15, 0.2) is 0 Å². The molecule has 6 heteroatoms. The second kappa shape index (κ2) is 5.78. The molecule has 0 aromatic carbocycles. The third-order valence-electron chi connectivity index (χ3n) is 3.14. The van der Waals surface area contributed by atoms with Crippen molar-refractivity contribution in [2.24, 2.45) is 0 Å². The largest absolute Gasteiger partial charge is 0.393 e. The first kappa shape index (κ1) is 14.1. The molecule has 1 saturated heterocycles. The molecule has 1 aliphatic heterocycles. The summed E-state index contributed by atoms with van der Waals surface area (Å²) in [6, 6.07) is 1.72. The fourth-order valence-electron chi connectivity index (χ4n) is 2.38. The van der Waals surface area contributed by atoms with Gasteiger partial charge in [0.1, 0.15) is 4.34 Å². The highest BCUT2D eigenvalue weighted by Gasteiger charge is 2.31. The maximum absolute atomic E-state index is 12.4. The number of amides is 1. The number of aliphatic hydroxyl groups excluding tert-OH is 1. The maximum atomic E-state index is 12.4. The maximum Gasteiger partial charge on any atom is 0.256 e. The Kier molecular flexibility index (Phi) is 4.54. The van der Waals surface area contributed by atoms with Crippen LogP contribution in [0.5, 0.6) is 0 Å². The van der Waals surface area contributed by atoms with E-state index in [4.69, 9.17) is 23.2 Å². The molecule has 1 fully saturated rings. The van der Waals surface area contributed by atoms with E-state index >= 15 is 0 Å². The van der Waals surface area contributed by atoms with Crippen molar-refractivity contribution in [1.29, 1.82) is 0 Å². The van der Waals surface area contributed by atoms with Crippen LogP contribution in [-0.4, -0.2) is 34.6 Å². The Hall–Kier alpha value is -0.290. The van der Waals surface area contributed by atoms with Crippen LogP contribution >= 0.6 is 34.5 Å². The molecule has 100 valence electrons. The van der Waals surface area contributed by atoms with Crippen molar-refractivity contribution in [1.82, 2.24) is 4.90 Å². The molecule has 2 atom stereocenters. The fourth-order valence-corrected chi connectivity index (χ4v) is 3.83. The Labute approximate surface area is 120 Å². The standard InChI is InChI=1S/C12H15Cl2NO2S/c1-7(16)5-8-3-2-4-15(8)12(17)9-6-10(13)18-11(9)14/h6-8,16H,2-5H2,1H3. The lowest BCUT2D eigenvalue weighted by molar-refractivity contribution is 0.0683. The highest BCUT2D eigenvalue weighted by Crippen LogP contribution is 2.33. The minimum atomic E-state index is -0.398. The molecule has 2 rings (SSSR count). The number of hydrogen-bond acceptors (Lipinski definition) is 3. The SMILES string of the molecule is CC(O)CC1CCCN1C(=O)c1cc(Cl)sc1Cl. The number of thiophene rings is 1. The molecule has 18 heavy (non-hydrogen) atoms. The minimum absolute atomic E-state index is 0.0775. The summed E-state index contributed by atoms with van der Waals surface area (Å²) in [6.07, 6.45) is 2.12. The number of carbonyl (C=O) groups excluding carboxylic acids is 1. The van der Waals surface area contributed by atoms with Crippen molar-refractivity contribution in [3.8, 4) is 0 Å². The van der Waals surface area contributed by atoms with Crippen molar-refractivity contribution >= 4 is 40.4 Å². The Bertz CT molecular complexity index is 447. The predicted molar refractivity (Wildman–Crippen MR) is 74.7 cm³/mol. The number of aliphatic hydroxyl groups is 1. The number of hydrogen-bond donors (Lipinski definition) is 1. The lowest BCUT2D eigenvalue weighted by Crippen LogP contribution is -2.37. The predicted octanol–water partition coefficient (Wildman–Crippen LogP) is 3.43. The summed E-state index contributed by atoms with van der Waals surface area (Å²) in [5.74, 6) is -0.0775. The Morgan fingerprint density at radius 1 is 1.67 bits per heavy atom. The smallest absolute Gasteiger partial charge is 0.256 e. The molecule has 0 spiro atoms. The van der Waals surface area contributed by atoms with Crippen molar-refractivity contribution < 1.29 is 9.90 Å². The average molecular weight is 308 g/mol. The number of likely N-dealkylation sites (tertiary alicyclic amines) is 1. The van der Waals surface area contributed by atoms with Crippen molar-refractivity contribution in [2.75, 3.05) is 6.54 Å². The lowest BCUT2D eigenvalue weighted by atomic mass is 10.1. The van der Waals surface area contributed by atoms with E-state index in [1.807, 2.05) is 0 Å². The molecule has 0 saturated carbocycles. The first-order chi connectivity index (χ1) is 8.49. The summed E-state index contributed by atoms with van der Waals surface area (Å²) in [5, 5.41) is 9.46. The highest BCUT2D eigenvalue weighted by atomic mass is 35.5. The topological polar surface area (TPSA) is 40.5 Å². The van der Waals surface area contributed by atoms with Crippen LogP contribution in [0.25, 0.3) is 0 Å². The van der Waals surface area contributed by atoms with Gasteiger partial charge in [-0.15, -0.1) is 11.3 Å². The third-order valence-corrected chi connectivity index (χ3v) is 4.63. The summed E-state index contributed by atoms with van der Waals surface area (Å²) >= 11 is 13.1. The van der Waals surface area contributed by atoms with E-state index in [1.165, 1.54) is 11.3 Å². The van der Waals surface area contributed by atoms with E-state index in [0.717, 1.165) is 19.4 Å². The second-order valence-electron chi connectivity index (χ2n) is 4.62. The van der Waals surface area contributed by atoms with Gasteiger partial charge in [-0.2, -0.15) is 0 Å². The van der Waals surface area contributed by atoms with Gasteiger partial charge in [0, 0.05) is 12.6 Å². The van der Waals surface area contributed by atoms with Gasteiger partial charge in [0.05, 0.1) is 16.0 Å². The van der Waals surface area contributed by atoms with Gasteiger partial charge in [-0.1, -0.05) is 23.2 Å². The van der Waals surface area contributed by atoms with E-state index < -0.39 is 6.10 Å². The van der Waals surface area contributed by atoms with Crippen LogP contribution in [0.4, 0.5) is 0 Å². The first-order valence-corrected chi connectivity index (χ1v) is 7.50. The Balaban J connectivity index is 2.15. The second-order valence-corrected chi connectivity index (χ2v) is 6.90. The van der Waals surface area contributed by atoms with Crippen LogP contribution in [0.3, 0.4) is 0 Å². The molecule has 0 radical (unpaired) electrons. The van der Waals surface area contributed by atoms with Gasteiger partial charge in [0.2, 0.25) is 0 Å². The van der Waals surface area contributed by atoms with Crippen LogP contribution in [0.1, 0.15) is 36.5 Å². The molecule has 0 aliphatic carbocycles. The summed E-state index contributed by atoms with van der Waals surface area (Å²) in [4.78, 5) is 14.2. The molecule has 1 N–H and O–H groups in total. The summed E-state index contributed by atoms with van der Waals surface area (Å²) in [7, 11) is 0. The molecule has 1 aliphatic rings. The first-order valence-electron chi connectivity index (χ1n) is 5.93. The molecule has 1 aromatic heterocycles. The van der Waals surface area contributed by atoms with Crippen LogP contribution in [-0.2, 0) is 0 Å². The van der Waals surface area contributed by atoms with Crippen molar-refractivity contribution in [3.05, 3.63) is 20.3 Å². The fraction of sp³-hybridized carbons (Fsp3) is 0.583. The normalized spacial score (nSPS) is 21.3. The van der Waals surface area contributed by atoms with Crippen LogP contribution in [0, 0.1) is 0 Å². The highest BCUT2D eigenvalue weighted by molar-refractivity contribution is 7.20.